The van der Waals surface area contributed by atoms with Gasteiger partial charge in [-0.2, -0.15) is 0 Å². The van der Waals surface area contributed by atoms with E-state index in [1.165, 1.54) is 0 Å². The topological polar surface area (TPSA) is 204 Å². The molecule has 0 fully saturated rings. The van der Waals surface area contributed by atoms with Gasteiger partial charge in [0.2, 0.25) is 12.1 Å². The van der Waals surface area contributed by atoms with Gasteiger partial charge in [-0.15, -0.1) is 0 Å². The van der Waals surface area contributed by atoms with Gasteiger partial charge in [0.05, 0.1) is 0 Å². The summed E-state index contributed by atoms with van der Waals surface area (Å²) < 4.78 is 4.61. The third kappa shape index (κ3) is 15.7. The number of hydrogen-bond donors (Lipinski definition) is 2. The molecule has 0 saturated heterocycles. The second-order valence-corrected chi connectivity index (χ2v) is 7.43. The Labute approximate surface area is 184 Å². The molecule has 13 nitrogen and oxygen atoms in total. The Bertz CT molecular complexity index is 666. The number of carboxylic acid groups (broad SMARTS) is 2. The minimum absolute atomic E-state index is 0.0440. The summed E-state index contributed by atoms with van der Waals surface area (Å²) in [5, 5.41) is 39.1. The molecule has 0 aromatic heterocycles. The molecular formula is C19H30N2O11. The van der Waals surface area contributed by atoms with Gasteiger partial charge in [-0.3, -0.25) is 39.4 Å². The second-order valence-electron chi connectivity index (χ2n) is 7.43. The molecule has 2 atom stereocenters. The van der Waals surface area contributed by atoms with E-state index >= 15 is 0 Å². The standard InChI is InChI=1S/C19H30N2O11/c22-16(23)10-2-1-6-14(20(28)29)8-4-12-18(26)32-19(27)13-5-9-15(21(30)31)7-3-11-17(24)25/h14-15H,1-13H2,(H,22,23)(H,24,25). The van der Waals surface area contributed by atoms with Crippen molar-refractivity contribution in [2.45, 2.75) is 95.6 Å². The zero-order valence-electron chi connectivity index (χ0n) is 17.8. The van der Waals surface area contributed by atoms with Gasteiger partial charge in [-0.05, 0) is 32.1 Å². The molecule has 0 rings (SSSR count). The predicted molar refractivity (Wildman–Crippen MR) is 108 cm³/mol. The summed E-state index contributed by atoms with van der Waals surface area (Å²) in [7, 11) is 0. The van der Waals surface area contributed by atoms with Crippen molar-refractivity contribution >= 4 is 23.9 Å². The van der Waals surface area contributed by atoms with E-state index in [4.69, 9.17) is 10.2 Å². The summed E-state index contributed by atoms with van der Waals surface area (Å²) in [5.41, 5.74) is 0. The molecule has 0 spiro atoms. The van der Waals surface area contributed by atoms with Crippen molar-refractivity contribution in [3.8, 4) is 0 Å². The monoisotopic (exact) mass is 462 g/mol. The number of unbranched alkanes of at least 4 members (excludes halogenated alkanes) is 1. The van der Waals surface area contributed by atoms with Gasteiger partial charge in [0.1, 0.15) is 0 Å². The number of nitro groups is 2. The number of nitrogens with zero attached hydrogens (tertiary/aromatic N) is 2. The smallest absolute Gasteiger partial charge is 0.313 e. The van der Waals surface area contributed by atoms with Crippen LogP contribution in [0.1, 0.15) is 83.5 Å². The van der Waals surface area contributed by atoms with Crippen molar-refractivity contribution in [3.63, 3.8) is 0 Å². The van der Waals surface area contributed by atoms with Gasteiger partial charge in [-0.25, -0.2) is 0 Å². The van der Waals surface area contributed by atoms with E-state index in [9.17, 15) is 39.4 Å². The average Bonchev–Trinajstić information content (AvgIpc) is 2.67. The quantitative estimate of drug-likeness (QED) is 0.0937. The number of carbonyl (C=O) groups is 4. The number of rotatable bonds is 19. The average molecular weight is 462 g/mol. The Kier molecular flexibility index (Phi) is 14.9. The Morgan fingerprint density at radius 3 is 1.34 bits per heavy atom. The third-order valence-corrected chi connectivity index (χ3v) is 4.77. The molecule has 0 aromatic carbocycles. The van der Waals surface area contributed by atoms with Gasteiger partial charge < -0.3 is 14.9 Å². The normalized spacial score (nSPS) is 12.5. The Morgan fingerprint density at radius 2 is 0.969 bits per heavy atom. The predicted octanol–water partition coefficient (Wildman–Crippen LogP) is 2.59. The zero-order valence-corrected chi connectivity index (χ0v) is 17.8. The first-order valence-electron chi connectivity index (χ1n) is 10.5. The highest BCUT2D eigenvalue weighted by Crippen LogP contribution is 2.15. The van der Waals surface area contributed by atoms with Crippen molar-refractivity contribution in [2.75, 3.05) is 0 Å². The first-order valence-corrected chi connectivity index (χ1v) is 10.5. The van der Waals surface area contributed by atoms with E-state index in [0.717, 1.165) is 0 Å². The third-order valence-electron chi connectivity index (χ3n) is 4.77. The highest BCUT2D eigenvalue weighted by molar-refractivity contribution is 5.85. The minimum atomic E-state index is -1.04. The lowest BCUT2D eigenvalue weighted by Gasteiger charge is -2.09. The lowest BCUT2D eigenvalue weighted by molar-refractivity contribution is -0.524. The van der Waals surface area contributed by atoms with Crippen LogP contribution in [0.2, 0.25) is 0 Å². The van der Waals surface area contributed by atoms with E-state index in [1.807, 2.05) is 0 Å². The van der Waals surface area contributed by atoms with Crippen molar-refractivity contribution in [1.82, 2.24) is 0 Å². The molecule has 182 valence electrons. The van der Waals surface area contributed by atoms with Crippen LogP contribution < -0.4 is 0 Å². The van der Waals surface area contributed by atoms with E-state index in [2.05, 4.69) is 4.74 Å². The van der Waals surface area contributed by atoms with Gasteiger partial charge in [0.25, 0.3) is 0 Å². The fourth-order valence-corrected chi connectivity index (χ4v) is 3.05. The van der Waals surface area contributed by atoms with E-state index in [0.29, 0.717) is 12.8 Å². The second kappa shape index (κ2) is 16.6. The Balaban J connectivity index is 4.13. The number of aliphatic carboxylic acids is 2. The number of ether oxygens (including phenoxy) is 1. The van der Waals surface area contributed by atoms with E-state index in [1.54, 1.807) is 0 Å². The molecule has 2 N–H and O–H groups in total. The molecule has 0 aliphatic carbocycles. The molecule has 0 aliphatic rings. The fourth-order valence-electron chi connectivity index (χ4n) is 3.05. The first-order chi connectivity index (χ1) is 15.0. The lowest BCUT2D eigenvalue weighted by atomic mass is 10.0. The molecule has 13 heteroatoms. The van der Waals surface area contributed by atoms with Crippen LogP contribution in [0.3, 0.4) is 0 Å². The van der Waals surface area contributed by atoms with E-state index in [-0.39, 0.29) is 70.6 Å². The van der Waals surface area contributed by atoms with E-state index < -0.39 is 45.8 Å². The number of hydrogen-bond acceptors (Lipinski definition) is 9. The molecular weight excluding hydrogens is 432 g/mol. The number of esters is 2. The molecule has 0 aromatic rings. The minimum Gasteiger partial charge on any atom is -0.481 e. The number of carboxylic acids is 2. The molecule has 0 saturated carbocycles. The Hall–Kier alpha value is -3.12. The summed E-state index contributed by atoms with van der Waals surface area (Å²) in [4.78, 5) is 65.3. The Morgan fingerprint density at radius 1 is 0.625 bits per heavy atom. The largest absolute Gasteiger partial charge is 0.481 e. The summed E-state index contributed by atoms with van der Waals surface area (Å²) in [6.07, 6.45) is 0.822. The molecule has 0 radical (unpaired) electrons. The van der Waals surface area contributed by atoms with Crippen LogP contribution in [-0.2, 0) is 23.9 Å². The highest BCUT2D eigenvalue weighted by atomic mass is 16.6. The maximum atomic E-state index is 11.7. The van der Waals surface area contributed by atoms with Gasteiger partial charge in [-0.1, -0.05) is 0 Å². The van der Waals surface area contributed by atoms with Crippen molar-refractivity contribution < 1.29 is 44.0 Å². The van der Waals surface area contributed by atoms with Crippen LogP contribution in [0.5, 0.6) is 0 Å². The highest BCUT2D eigenvalue weighted by Gasteiger charge is 2.22. The van der Waals surface area contributed by atoms with Crippen molar-refractivity contribution in [2.24, 2.45) is 0 Å². The summed E-state index contributed by atoms with van der Waals surface area (Å²) >= 11 is 0. The van der Waals surface area contributed by atoms with Crippen LogP contribution in [0.15, 0.2) is 0 Å². The summed E-state index contributed by atoms with van der Waals surface area (Å²) in [5.74, 6) is -3.70. The lowest BCUT2D eigenvalue weighted by Crippen LogP contribution is -2.21. The molecule has 0 amide bonds. The first kappa shape index (κ1) is 28.9. The van der Waals surface area contributed by atoms with Crippen LogP contribution in [0.25, 0.3) is 0 Å². The zero-order chi connectivity index (χ0) is 24.5. The van der Waals surface area contributed by atoms with Crippen LogP contribution >= 0.6 is 0 Å². The van der Waals surface area contributed by atoms with Gasteiger partial charge in [0.15, 0.2) is 0 Å². The molecule has 0 heterocycles. The SMILES string of the molecule is O=C(O)CCCCC(CCCC(=O)OC(=O)CCCC(CCCC(=O)O)[N+](=O)[O-])[N+](=O)[O-]. The van der Waals surface area contributed by atoms with Crippen LogP contribution in [0.4, 0.5) is 0 Å². The van der Waals surface area contributed by atoms with Gasteiger partial charge >= 0.3 is 23.9 Å². The molecule has 0 aliphatic heterocycles. The maximum absolute atomic E-state index is 11.7. The molecule has 2 unspecified atom stereocenters. The van der Waals surface area contributed by atoms with Crippen molar-refractivity contribution in [3.05, 3.63) is 20.2 Å². The summed E-state index contributed by atoms with van der Waals surface area (Å²) in [6, 6.07) is -1.89. The van der Waals surface area contributed by atoms with Crippen LogP contribution in [0, 0.1) is 20.2 Å². The van der Waals surface area contributed by atoms with Gasteiger partial charge in [0, 0.05) is 61.2 Å². The fraction of sp³-hybridized carbons (Fsp3) is 0.789. The maximum Gasteiger partial charge on any atom is 0.313 e. The molecule has 0 bridgehead atoms. The number of carbonyl (C=O) groups excluding carboxylic acids is 2. The molecule has 32 heavy (non-hydrogen) atoms. The summed E-state index contributed by atoms with van der Waals surface area (Å²) in [6.45, 7) is 0. The van der Waals surface area contributed by atoms with Crippen molar-refractivity contribution in [1.29, 1.82) is 0 Å². The van der Waals surface area contributed by atoms with Crippen LogP contribution in [-0.4, -0.2) is 56.0 Å².